The summed E-state index contributed by atoms with van der Waals surface area (Å²) < 4.78 is 22.5. The summed E-state index contributed by atoms with van der Waals surface area (Å²) in [5, 5.41) is 11.2. The molecule has 3 aliphatic carbocycles. The number of aliphatic hydroxyl groups is 1. The van der Waals surface area contributed by atoms with Crippen LogP contribution in [0, 0.1) is 17.8 Å². The Kier molecular flexibility index (Phi) is 6.25. The first-order chi connectivity index (χ1) is 13.4. The predicted octanol–water partition coefficient (Wildman–Crippen LogP) is 4.11. The van der Waals surface area contributed by atoms with Gasteiger partial charge in [-0.1, -0.05) is 19.1 Å². The number of hydrogen-bond acceptors (Lipinski definition) is 5. The molecule has 0 amide bonds. The van der Waals surface area contributed by atoms with Gasteiger partial charge in [0.15, 0.2) is 11.5 Å². The van der Waals surface area contributed by atoms with E-state index in [1.54, 1.807) is 28.4 Å². The monoisotopic (exact) mass is 390 g/mol. The van der Waals surface area contributed by atoms with Crippen LogP contribution in [-0.4, -0.2) is 45.8 Å². The predicted molar refractivity (Wildman–Crippen MR) is 108 cm³/mol. The molecule has 0 saturated heterocycles. The van der Waals surface area contributed by atoms with Gasteiger partial charge in [0, 0.05) is 19.1 Å². The Balaban J connectivity index is 2.19. The molecule has 1 N–H and O–H groups in total. The van der Waals surface area contributed by atoms with Gasteiger partial charge in [-0.3, -0.25) is 0 Å². The first kappa shape index (κ1) is 21.0. The summed E-state index contributed by atoms with van der Waals surface area (Å²) in [6.07, 6.45) is 7.86. The maximum Gasteiger partial charge on any atom is 0.199 e. The third kappa shape index (κ3) is 3.62. The molecular formula is C23H34O5. The molecule has 0 heterocycles. The number of fused-ring (bicyclic) bond motifs is 3. The third-order valence-corrected chi connectivity index (χ3v) is 6.64. The summed E-state index contributed by atoms with van der Waals surface area (Å²) in [5.74, 6) is 3.32. The van der Waals surface area contributed by atoms with Gasteiger partial charge in [0.05, 0.1) is 33.5 Å². The molecule has 0 bridgehead atoms. The van der Waals surface area contributed by atoms with Crippen molar-refractivity contribution in [1.82, 2.24) is 0 Å². The largest absolute Gasteiger partial charge is 0.497 e. The summed E-state index contributed by atoms with van der Waals surface area (Å²) in [5.41, 5.74) is 2.48. The second kappa shape index (κ2) is 8.34. The van der Waals surface area contributed by atoms with E-state index >= 15 is 0 Å². The van der Waals surface area contributed by atoms with Crippen molar-refractivity contribution < 1.29 is 24.1 Å². The van der Waals surface area contributed by atoms with Crippen molar-refractivity contribution in [3.05, 3.63) is 46.1 Å². The fraction of sp³-hybridized carbons (Fsp3) is 0.652. The lowest BCUT2D eigenvalue weighted by atomic mass is 9.75. The quantitative estimate of drug-likeness (QED) is 0.766. The van der Waals surface area contributed by atoms with Crippen molar-refractivity contribution in [3.8, 4) is 0 Å². The maximum absolute atomic E-state index is 11.2. The number of allylic oxidation sites excluding steroid dienone is 5. The Morgan fingerprint density at radius 3 is 2.36 bits per heavy atom. The second-order valence-electron chi connectivity index (χ2n) is 8.39. The molecule has 28 heavy (non-hydrogen) atoms. The molecule has 0 radical (unpaired) electrons. The zero-order valence-corrected chi connectivity index (χ0v) is 18.0. The SMILES string of the molecule is COCC1=CC=C2C3=C(OC)C(OC)=C(OC)CC3CC[C@@H](C)C2CC1(C)O. The Hall–Kier alpha value is -1.72. The first-order valence-corrected chi connectivity index (χ1v) is 10.1. The normalized spacial score (nSPS) is 33.2. The van der Waals surface area contributed by atoms with Crippen molar-refractivity contribution in [2.24, 2.45) is 17.8 Å². The summed E-state index contributed by atoms with van der Waals surface area (Å²) >= 11 is 0. The van der Waals surface area contributed by atoms with Crippen molar-refractivity contribution >= 4 is 0 Å². The molecule has 0 aromatic heterocycles. The number of rotatable bonds is 5. The molecule has 5 nitrogen and oxygen atoms in total. The van der Waals surface area contributed by atoms with E-state index < -0.39 is 5.60 Å². The van der Waals surface area contributed by atoms with E-state index in [0.717, 1.165) is 36.4 Å². The summed E-state index contributed by atoms with van der Waals surface area (Å²) in [6, 6.07) is 0. The van der Waals surface area contributed by atoms with Gasteiger partial charge in [0.25, 0.3) is 0 Å². The lowest BCUT2D eigenvalue weighted by Gasteiger charge is -2.34. The van der Waals surface area contributed by atoms with E-state index in [-0.39, 0.29) is 5.92 Å². The van der Waals surface area contributed by atoms with Crippen molar-refractivity contribution in [1.29, 1.82) is 0 Å². The van der Waals surface area contributed by atoms with Gasteiger partial charge in [0.1, 0.15) is 5.76 Å². The molecule has 0 aliphatic heterocycles. The molecule has 3 aliphatic rings. The molecule has 1 fully saturated rings. The van der Waals surface area contributed by atoms with Gasteiger partial charge in [-0.05, 0) is 55.1 Å². The number of ether oxygens (including phenoxy) is 4. The lowest BCUT2D eigenvalue weighted by molar-refractivity contribution is 0.0517. The molecule has 4 atom stereocenters. The van der Waals surface area contributed by atoms with Gasteiger partial charge >= 0.3 is 0 Å². The van der Waals surface area contributed by atoms with Gasteiger partial charge in [-0.2, -0.15) is 0 Å². The van der Waals surface area contributed by atoms with Crippen LogP contribution in [0.1, 0.15) is 39.5 Å². The Labute approximate surface area is 168 Å². The minimum atomic E-state index is -0.896. The molecule has 0 aromatic rings. The Morgan fingerprint density at radius 2 is 1.75 bits per heavy atom. The lowest BCUT2D eigenvalue weighted by Crippen LogP contribution is -2.33. The highest BCUT2D eigenvalue weighted by Gasteiger charge is 2.43. The maximum atomic E-state index is 11.2. The van der Waals surface area contributed by atoms with Crippen LogP contribution < -0.4 is 0 Å². The second-order valence-corrected chi connectivity index (χ2v) is 8.39. The van der Waals surface area contributed by atoms with Crippen LogP contribution in [-0.2, 0) is 18.9 Å². The van der Waals surface area contributed by atoms with Crippen LogP contribution in [0.3, 0.4) is 0 Å². The molecule has 5 heteroatoms. The van der Waals surface area contributed by atoms with E-state index in [9.17, 15) is 5.11 Å². The first-order valence-electron chi connectivity index (χ1n) is 10.1. The molecule has 0 spiro atoms. The average Bonchev–Trinajstić information content (AvgIpc) is 2.88. The van der Waals surface area contributed by atoms with Crippen LogP contribution in [0.4, 0.5) is 0 Å². The van der Waals surface area contributed by atoms with Crippen LogP contribution in [0.25, 0.3) is 0 Å². The van der Waals surface area contributed by atoms with E-state index in [4.69, 9.17) is 18.9 Å². The minimum Gasteiger partial charge on any atom is -0.497 e. The fourth-order valence-electron chi connectivity index (χ4n) is 5.04. The number of methoxy groups -OCH3 is 4. The zero-order valence-electron chi connectivity index (χ0n) is 18.0. The van der Waals surface area contributed by atoms with Crippen molar-refractivity contribution in [2.75, 3.05) is 35.0 Å². The van der Waals surface area contributed by atoms with E-state index in [0.29, 0.717) is 30.6 Å². The fourth-order valence-corrected chi connectivity index (χ4v) is 5.04. The van der Waals surface area contributed by atoms with Crippen molar-refractivity contribution in [3.63, 3.8) is 0 Å². The highest BCUT2D eigenvalue weighted by Crippen LogP contribution is 2.51. The molecule has 0 aromatic carbocycles. The van der Waals surface area contributed by atoms with Gasteiger partial charge < -0.3 is 24.1 Å². The average molecular weight is 391 g/mol. The number of hydrogen-bond donors (Lipinski definition) is 1. The topological polar surface area (TPSA) is 57.2 Å². The van der Waals surface area contributed by atoms with Crippen LogP contribution in [0.5, 0.6) is 0 Å². The van der Waals surface area contributed by atoms with Crippen LogP contribution in [0.2, 0.25) is 0 Å². The summed E-state index contributed by atoms with van der Waals surface area (Å²) in [7, 11) is 6.71. The third-order valence-electron chi connectivity index (χ3n) is 6.64. The summed E-state index contributed by atoms with van der Waals surface area (Å²) in [4.78, 5) is 0. The molecular weight excluding hydrogens is 356 g/mol. The van der Waals surface area contributed by atoms with E-state index in [1.807, 2.05) is 13.0 Å². The highest BCUT2D eigenvalue weighted by atomic mass is 16.5. The Bertz CT molecular complexity index is 725. The molecule has 1 saturated carbocycles. The van der Waals surface area contributed by atoms with Gasteiger partial charge in [0.2, 0.25) is 0 Å². The smallest absolute Gasteiger partial charge is 0.199 e. The van der Waals surface area contributed by atoms with Crippen LogP contribution >= 0.6 is 0 Å². The highest BCUT2D eigenvalue weighted by molar-refractivity contribution is 5.50. The Morgan fingerprint density at radius 1 is 1.04 bits per heavy atom. The summed E-state index contributed by atoms with van der Waals surface area (Å²) in [6.45, 7) is 4.62. The van der Waals surface area contributed by atoms with E-state index in [1.165, 1.54) is 11.1 Å². The molecule has 3 unspecified atom stereocenters. The van der Waals surface area contributed by atoms with Gasteiger partial charge in [-0.25, -0.2) is 0 Å². The zero-order chi connectivity index (χ0) is 20.5. The standard InChI is InChI=1S/C23H34O5/c1-14-7-8-15-11-19(26-4)21(27-5)22(28-6)20(15)17-10-9-16(13-25-3)23(2,24)12-18(14)17/h9-10,14-15,18,24H,7-8,11-13H2,1-6H3/t14-,15?,18?,23?/m1/s1. The van der Waals surface area contributed by atoms with E-state index in [2.05, 4.69) is 13.0 Å². The molecule has 3 rings (SSSR count). The van der Waals surface area contributed by atoms with Crippen molar-refractivity contribution in [2.45, 2.75) is 45.1 Å². The van der Waals surface area contributed by atoms with Crippen LogP contribution in [0.15, 0.2) is 46.1 Å². The molecule has 156 valence electrons. The minimum absolute atomic E-state index is 0.243. The van der Waals surface area contributed by atoms with Gasteiger partial charge in [-0.15, -0.1) is 0 Å².